The molecule has 0 bridgehead atoms. The van der Waals surface area contributed by atoms with Crippen molar-refractivity contribution >= 4 is 17.7 Å². The Morgan fingerprint density at radius 2 is 1.91 bits per heavy atom. The lowest BCUT2D eigenvalue weighted by Gasteiger charge is -2.33. The first-order valence-electron chi connectivity index (χ1n) is 7.65. The maximum atomic E-state index is 12.7. The number of rotatable bonds is 2. The largest absolute Gasteiger partial charge is 0.322 e. The zero-order valence-corrected chi connectivity index (χ0v) is 13.1. The maximum Gasteiger partial charge on any atom is 0.255 e. The van der Waals surface area contributed by atoms with Gasteiger partial charge >= 0.3 is 0 Å². The third kappa shape index (κ3) is 2.12. The molecule has 0 aliphatic carbocycles. The highest BCUT2D eigenvalue weighted by Gasteiger charge is 2.41. The molecule has 3 rings (SSSR count). The molecule has 0 N–H and O–H groups in total. The monoisotopic (exact) mass is 300 g/mol. The first-order valence-corrected chi connectivity index (χ1v) is 7.65. The number of carbonyl (C=O) groups is 3. The van der Waals surface area contributed by atoms with E-state index in [1.54, 1.807) is 4.90 Å². The van der Waals surface area contributed by atoms with Gasteiger partial charge in [0.1, 0.15) is 6.04 Å². The van der Waals surface area contributed by atoms with Gasteiger partial charge in [-0.05, 0) is 29.5 Å². The van der Waals surface area contributed by atoms with Crippen molar-refractivity contribution in [3.05, 3.63) is 34.9 Å². The van der Waals surface area contributed by atoms with E-state index in [-0.39, 0.29) is 17.7 Å². The third-order valence-electron chi connectivity index (χ3n) is 4.65. The van der Waals surface area contributed by atoms with E-state index in [0.29, 0.717) is 30.9 Å². The molecule has 0 saturated carbocycles. The van der Waals surface area contributed by atoms with E-state index in [2.05, 4.69) is 13.8 Å². The topological polar surface area (TPSA) is 57.7 Å². The summed E-state index contributed by atoms with van der Waals surface area (Å²) in [5, 5.41) is 0. The van der Waals surface area contributed by atoms with Gasteiger partial charge in [0.15, 0.2) is 0 Å². The van der Waals surface area contributed by atoms with Gasteiger partial charge in [0.05, 0.1) is 0 Å². The lowest BCUT2D eigenvalue weighted by molar-refractivity contribution is -0.150. The summed E-state index contributed by atoms with van der Waals surface area (Å²) in [5.74, 6) is -0.218. The summed E-state index contributed by atoms with van der Waals surface area (Å²) in [6, 6.07) is 5.24. The van der Waals surface area contributed by atoms with Gasteiger partial charge in [-0.25, -0.2) is 0 Å². The minimum atomic E-state index is -0.525. The van der Waals surface area contributed by atoms with E-state index in [1.165, 1.54) is 7.05 Å². The van der Waals surface area contributed by atoms with Crippen molar-refractivity contribution in [1.82, 2.24) is 9.80 Å². The van der Waals surface area contributed by atoms with Crippen LogP contribution in [0.15, 0.2) is 18.2 Å². The lowest BCUT2D eigenvalue weighted by Crippen LogP contribution is -2.53. The normalized spacial score (nSPS) is 21.8. The van der Waals surface area contributed by atoms with Crippen molar-refractivity contribution in [3.63, 3.8) is 0 Å². The summed E-state index contributed by atoms with van der Waals surface area (Å²) in [7, 11) is 1.49. The molecule has 1 unspecified atom stereocenters. The molecule has 1 aromatic rings. The van der Waals surface area contributed by atoms with Crippen LogP contribution in [0.25, 0.3) is 0 Å². The molecular formula is C17H20N2O3. The Labute approximate surface area is 129 Å². The fourth-order valence-corrected chi connectivity index (χ4v) is 3.36. The molecule has 22 heavy (non-hydrogen) atoms. The molecule has 1 atom stereocenters. The van der Waals surface area contributed by atoms with Crippen LogP contribution in [0.3, 0.4) is 0 Å². The number of carbonyl (C=O) groups excluding carboxylic acids is 3. The molecule has 2 aliphatic rings. The number of fused-ring (bicyclic) bond motifs is 1. The van der Waals surface area contributed by atoms with Crippen LogP contribution < -0.4 is 0 Å². The SMILES string of the molecule is CC(C)c1cccc2c1CN(C1CCC(=O)N(C)C1=O)C2=O. The Balaban J connectivity index is 1.93. The fourth-order valence-electron chi connectivity index (χ4n) is 3.36. The molecule has 0 radical (unpaired) electrons. The molecule has 1 fully saturated rings. The first-order chi connectivity index (χ1) is 10.4. The van der Waals surface area contributed by atoms with Crippen molar-refractivity contribution in [1.29, 1.82) is 0 Å². The first kappa shape index (κ1) is 14.8. The van der Waals surface area contributed by atoms with Crippen molar-refractivity contribution in [2.24, 2.45) is 0 Å². The summed E-state index contributed by atoms with van der Waals surface area (Å²) in [6.45, 7) is 4.66. The predicted molar refractivity (Wildman–Crippen MR) is 81.2 cm³/mol. The van der Waals surface area contributed by atoms with Crippen LogP contribution in [0.5, 0.6) is 0 Å². The van der Waals surface area contributed by atoms with Crippen LogP contribution in [-0.2, 0) is 16.1 Å². The van der Waals surface area contributed by atoms with Gasteiger partial charge in [-0.1, -0.05) is 26.0 Å². The van der Waals surface area contributed by atoms with Gasteiger partial charge in [-0.15, -0.1) is 0 Å². The molecule has 2 heterocycles. The molecule has 1 aromatic carbocycles. The van der Waals surface area contributed by atoms with Crippen molar-refractivity contribution in [2.75, 3.05) is 7.05 Å². The second-order valence-corrected chi connectivity index (χ2v) is 6.31. The fraction of sp³-hybridized carbons (Fsp3) is 0.471. The maximum absolute atomic E-state index is 12.7. The van der Waals surface area contributed by atoms with E-state index >= 15 is 0 Å². The summed E-state index contributed by atoms with van der Waals surface area (Å²) in [5.41, 5.74) is 2.87. The Morgan fingerprint density at radius 1 is 1.18 bits per heavy atom. The van der Waals surface area contributed by atoms with E-state index in [4.69, 9.17) is 0 Å². The number of likely N-dealkylation sites (N-methyl/N-ethyl adjacent to an activating group) is 1. The smallest absolute Gasteiger partial charge is 0.255 e. The molecular weight excluding hydrogens is 280 g/mol. The Bertz CT molecular complexity index is 666. The van der Waals surface area contributed by atoms with Crippen LogP contribution in [0.1, 0.15) is 54.1 Å². The van der Waals surface area contributed by atoms with Crippen LogP contribution >= 0.6 is 0 Å². The molecule has 2 aliphatic heterocycles. The number of piperidine rings is 1. The second kappa shape index (κ2) is 5.23. The van der Waals surface area contributed by atoms with Gasteiger partial charge in [-0.3, -0.25) is 19.3 Å². The van der Waals surface area contributed by atoms with E-state index < -0.39 is 6.04 Å². The number of amides is 3. The van der Waals surface area contributed by atoms with Gasteiger partial charge < -0.3 is 4.90 Å². The molecule has 1 saturated heterocycles. The Kier molecular flexibility index (Phi) is 3.51. The minimum absolute atomic E-state index is 0.0985. The average molecular weight is 300 g/mol. The van der Waals surface area contributed by atoms with Crippen LogP contribution in [0.4, 0.5) is 0 Å². The van der Waals surface area contributed by atoms with Crippen LogP contribution in [-0.4, -0.2) is 40.6 Å². The summed E-state index contributed by atoms with van der Waals surface area (Å²) >= 11 is 0. The zero-order valence-electron chi connectivity index (χ0n) is 13.1. The number of imide groups is 1. The number of hydrogen-bond acceptors (Lipinski definition) is 3. The van der Waals surface area contributed by atoms with Crippen molar-refractivity contribution in [2.45, 2.75) is 45.2 Å². The standard InChI is InChI=1S/C17H20N2O3/c1-10(2)11-5-4-6-12-13(11)9-19(16(12)21)14-7-8-15(20)18(3)17(14)22/h4-6,10,14H,7-9H2,1-3H3. The van der Waals surface area contributed by atoms with E-state index in [1.807, 2.05) is 18.2 Å². The summed E-state index contributed by atoms with van der Waals surface area (Å²) in [6.07, 6.45) is 0.725. The number of benzene rings is 1. The van der Waals surface area contributed by atoms with Crippen molar-refractivity contribution in [3.8, 4) is 0 Å². The third-order valence-corrected chi connectivity index (χ3v) is 4.65. The number of hydrogen-bond donors (Lipinski definition) is 0. The predicted octanol–water partition coefficient (Wildman–Crippen LogP) is 1.91. The van der Waals surface area contributed by atoms with Crippen molar-refractivity contribution < 1.29 is 14.4 Å². The Hall–Kier alpha value is -2.17. The number of nitrogens with zero attached hydrogens (tertiary/aromatic N) is 2. The van der Waals surface area contributed by atoms with Crippen LogP contribution in [0, 0.1) is 0 Å². The molecule has 116 valence electrons. The second-order valence-electron chi connectivity index (χ2n) is 6.31. The molecule has 0 aromatic heterocycles. The summed E-state index contributed by atoms with van der Waals surface area (Å²) < 4.78 is 0. The van der Waals surface area contributed by atoms with E-state index in [9.17, 15) is 14.4 Å². The zero-order chi connectivity index (χ0) is 16.0. The summed E-state index contributed by atoms with van der Waals surface area (Å²) in [4.78, 5) is 39.4. The number of likely N-dealkylation sites (tertiary alicyclic amines) is 1. The van der Waals surface area contributed by atoms with E-state index in [0.717, 1.165) is 16.0 Å². The highest BCUT2D eigenvalue weighted by atomic mass is 16.2. The molecule has 0 spiro atoms. The van der Waals surface area contributed by atoms with Crippen LogP contribution in [0.2, 0.25) is 0 Å². The Morgan fingerprint density at radius 3 is 2.59 bits per heavy atom. The minimum Gasteiger partial charge on any atom is -0.322 e. The quantitative estimate of drug-likeness (QED) is 0.784. The highest BCUT2D eigenvalue weighted by Crippen LogP contribution is 2.33. The molecule has 5 heteroatoms. The lowest BCUT2D eigenvalue weighted by atomic mass is 9.95. The van der Waals surface area contributed by atoms with Gasteiger partial charge in [0, 0.05) is 25.6 Å². The molecule has 5 nitrogen and oxygen atoms in total. The highest BCUT2D eigenvalue weighted by molar-refractivity contribution is 6.05. The average Bonchev–Trinajstić information content (AvgIpc) is 2.82. The van der Waals surface area contributed by atoms with Gasteiger partial charge in [0.2, 0.25) is 5.91 Å². The molecule has 3 amide bonds. The van der Waals surface area contributed by atoms with Gasteiger partial charge in [0.25, 0.3) is 11.8 Å². The van der Waals surface area contributed by atoms with Gasteiger partial charge in [-0.2, -0.15) is 0 Å².